The van der Waals surface area contributed by atoms with E-state index in [4.69, 9.17) is 0 Å². The van der Waals surface area contributed by atoms with Crippen LogP contribution in [0.4, 0.5) is 0 Å². The molecule has 0 spiro atoms. The molecule has 1 aromatic rings. The Balaban J connectivity index is 2.26. The fraction of sp³-hybridized carbons (Fsp3) is 0.833. The molecule has 1 aromatic heterocycles. The molecular weight excluding hydrogens is 276 g/mol. The molecule has 0 fully saturated rings. The first-order chi connectivity index (χ1) is 9.77. The van der Waals surface area contributed by atoms with Crippen LogP contribution >= 0.6 is 11.8 Å². The maximum Gasteiger partial charge on any atom is 0.230 e. The van der Waals surface area contributed by atoms with Crippen molar-refractivity contribution in [3.63, 3.8) is 0 Å². The number of nitrogens with one attached hydrogen (secondary N) is 2. The Morgan fingerprint density at radius 3 is 2.85 bits per heavy atom. The van der Waals surface area contributed by atoms with Crippen LogP contribution in [0.5, 0.6) is 0 Å². The summed E-state index contributed by atoms with van der Waals surface area (Å²) in [7, 11) is 0. The second-order valence-electron chi connectivity index (χ2n) is 4.43. The van der Waals surface area contributed by atoms with Gasteiger partial charge in [-0.05, 0) is 29.8 Å². The Morgan fingerprint density at radius 2 is 2.10 bits per heavy atom. The molecule has 0 atom stereocenters. The van der Waals surface area contributed by atoms with E-state index >= 15 is 0 Å². The predicted molar refractivity (Wildman–Crippen MR) is 79.6 cm³/mol. The first-order valence-electron chi connectivity index (χ1n) is 7.14. The molecule has 0 aliphatic carbocycles. The van der Waals surface area contributed by atoms with E-state index in [9.17, 15) is 4.79 Å². The zero-order valence-electron chi connectivity index (χ0n) is 12.3. The number of thioether (sulfide) groups is 1. The molecule has 114 valence electrons. The van der Waals surface area contributed by atoms with Gasteiger partial charge in [-0.1, -0.05) is 32.0 Å². The Labute approximate surface area is 124 Å². The van der Waals surface area contributed by atoms with Crippen LogP contribution in [0.2, 0.25) is 0 Å². The van der Waals surface area contributed by atoms with Crippen molar-refractivity contribution in [3.8, 4) is 0 Å². The van der Waals surface area contributed by atoms with Gasteiger partial charge in [0.2, 0.25) is 11.1 Å². The Bertz CT molecular complexity index is 384. The van der Waals surface area contributed by atoms with Gasteiger partial charge in [-0.15, -0.1) is 5.10 Å². The summed E-state index contributed by atoms with van der Waals surface area (Å²) in [6.45, 7) is 7.50. The zero-order valence-corrected chi connectivity index (χ0v) is 13.1. The highest BCUT2D eigenvalue weighted by molar-refractivity contribution is 7.99. The Hall–Kier alpha value is -1.15. The van der Waals surface area contributed by atoms with Crippen molar-refractivity contribution in [1.29, 1.82) is 0 Å². The lowest BCUT2D eigenvalue weighted by Gasteiger charge is -2.06. The van der Waals surface area contributed by atoms with E-state index in [1.165, 1.54) is 11.8 Å². The van der Waals surface area contributed by atoms with E-state index in [0.717, 1.165) is 38.9 Å². The molecule has 8 heteroatoms. The lowest BCUT2D eigenvalue weighted by molar-refractivity contribution is -0.118. The number of nitrogens with zero attached hydrogens (tertiary/aromatic N) is 4. The van der Waals surface area contributed by atoms with E-state index in [0.29, 0.717) is 17.5 Å². The molecule has 1 heterocycles. The summed E-state index contributed by atoms with van der Waals surface area (Å²) >= 11 is 1.37. The summed E-state index contributed by atoms with van der Waals surface area (Å²) in [4.78, 5) is 11.6. The number of amides is 1. The summed E-state index contributed by atoms with van der Waals surface area (Å²) in [5.74, 6) is 0.383. The number of unbranched alkanes of at least 4 members (excludes halogenated alkanes) is 1. The van der Waals surface area contributed by atoms with Crippen LogP contribution < -0.4 is 10.6 Å². The lowest BCUT2D eigenvalue weighted by Crippen LogP contribution is -2.26. The SMILES string of the molecule is CCCCNC(=O)CSc1nnnn1CCNCCC. The third-order valence-electron chi connectivity index (χ3n) is 2.61. The van der Waals surface area contributed by atoms with Gasteiger partial charge in [0.15, 0.2) is 0 Å². The van der Waals surface area contributed by atoms with Gasteiger partial charge in [0.25, 0.3) is 0 Å². The molecule has 1 rings (SSSR count). The van der Waals surface area contributed by atoms with Crippen LogP contribution in [0.15, 0.2) is 5.16 Å². The van der Waals surface area contributed by atoms with Crippen molar-refractivity contribution in [2.45, 2.75) is 44.8 Å². The van der Waals surface area contributed by atoms with Gasteiger partial charge >= 0.3 is 0 Å². The third-order valence-corrected chi connectivity index (χ3v) is 3.57. The van der Waals surface area contributed by atoms with Crippen LogP contribution in [0.3, 0.4) is 0 Å². The summed E-state index contributed by atoms with van der Waals surface area (Å²) in [6.07, 6.45) is 3.20. The second kappa shape index (κ2) is 10.6. The molecular formula is C12H24N6OS. The van der Waals surface area contributed by atoms with Crippen molar-refractivity contribution in [3.05, 3.63) is 0 Å². The minimum atomic E-state index is 0.0297. The summed E-state index contributed by atoms with van der Waals surface area (Å²) in [6, 6.07) is 0. The molecule has 2 N–H and O–H groups in total. The maximum absolute atomic E-state index is 11.6. The number of rotatable bonds is 11. The Morgan fingerprint density at radius 1 is 1.25 bits per heavy atom. The van der Waals surface area contributed by atoms with Crippen LogP contribution in [-0.2, 0) is 11.3 Å². The smallest absolute Gasteiger partial charge is 0.230 e. The zero-order chi connectivity index (χ0) is 14.6. The third kappa shape index (κ3) is 6.85. The number of hydrogen-bond donors (Lipinski definition) is 2. The standard InChI is InChI=1S/C12H24N6OS/c1-3-5-7-14-11(19)10-20-12-15-16-17-18(12)9-8-13-6-4-2/h13H,3-10H2,1-2H3,(H,14,19). The normalized spacial score (nSPS) is 10.7. The van der Waals surface area contributed by atoms with Gasteiger partial charge in [-0.2, -0.15) is 0 Å². The predicted octanol–water partition coefficient (Wildman–Crippen LogP) is 0.681. The topological polar surface area (TPSA) is 84.7 Å². The second-order valence-corrected chi connectivity index (χ2v) is 5.37. The van der Waals surface area contributed by atoms with Gasteiger partial charge in [-0.25, -0.2) is 4.68 Å². The first-order valence-corrected chi connectivity index (χ1v) is 8.12. The van der Waals surface area contributed by atoms with Crippen LogP contribution in [-0.4, -0.2) is 51.5 Å². The van der Waals surface area contributed by atoms with Gasteiger partial charge in [0.05, 0.1) is 12.3 Å². The van der Waals surface area contributed by atoms with Crippen molar-refractivity contribution >= 4 is 17.7 Å². The molecule has 0 aliphatic heterocycles. The largest absolute Gasteiger partial charge is 0.355 e. The van der Waals surface area contributed by atoms with Crippen molar-refractivity contribution in [1.82, 2.24) is 30.8 Å². The minimum absolute atomic E-state index is 0.0297. The molecule has 20 heavy (non-hydrogen) atoms. The number of carbonyl (C=O) groups is 1. The quantitative estimate of drug-likeness (QED) is 0.462. The molecule has 0 saturated heterocycles. The highest BCUT2D eigenvalue weighted by Gasteiger charge is 2.09. The molecule has 0 unspecified atom stereocenters. The molecule has 1 amide bonds. The molecule has 7 nitrogen and oxygen atoms in total. The van der Waals surface area contributed by atoms with E-state index in [-0.39, 0.29) is 5.91 Å². The highest BCUT2D eigenvalue weighted by atomic mass is 32.2. The minimum Gasteiger partial charge on any atom is -0.355 e. The monoisotopic (exact) mass is 300 g/mol. The van der Waals surface area contributed by atoms with Crippen LogP contribution in [0, 0.1) is 0 Å². The average Bonchev–Trinajstić information content (AvgIpc) is 2.89. The molecule has 0 bridgehead atoms. The number of aromatic nitrogens is 4. The molecule has 0 saturated carbocycles. The van der Waals surface area contributed by atoms with E-state index in [1.54, 1.807) is 4.68 Å². The first kappa shape index (κ1) is 16.9. The number of tetrazole rings is 1. The molecule has 0 aliphatic rings. The van der Waals surface area contributed by atoms with E-state index < -0.39 is 0 Å². The Kier molecular flexibility index (Phi) is 8.97. The van der Waals surface area contributed by atoms with Gasteiger partial charge < -0.3 is 10.6 Å². The lowest BCUT2D eigenvalue weighted by atomic mass is 10.3. The number of carbonyl (C=O) groups excluding carboxylic acids is 1. The van der Waals surface area contributed by atoms with Gasteiger partial charge in [0, 0.05) is 13.1 Å². The maximum atomic E-state index is 11.6. The van der Waals surface area contributed by atoms with Crippen molar-refractivity contribution in [2.75, 3.05) is 25.4 Å². The van der Waals surface area contributed by atoms with Crippen LogP contribution in [0.1, 0.15) is 33.1 Å². The van der Waals surface area contributed by atoms with Gasteiger partial charge in [-0.3, -0.25) is 4.79 Å². The molecule has 0 aromatic carbocycles. The van der Waals surface area contributed by atoms with Gasteiger partial charge in [0.1, 0.15) is 0 Å². The fourth-order valence-electron chi connectivity index (χ4n) is 1.51. The summed E-state index contributed by atoms with van der Waals surface area (Å²) in [5.41, 5.74) is 0. The highest BCUT2D eigenvalue weighted by Crippen LogP contribution is 2.12. The van der Waals surface area contributed by atoms with Crippen molar-refractivity contribution < 1.29 is 4.79 Å². The number of hydrogen-bond acceptors (Lipinski definition) is 6. The van der Waals surface area contributed by atoms with E-state index in [2.05, 4.69) is 40.0 Å². The fourth-order valence-corrected chi connectivity index (χ4v) is 2.25. The average molecular weight is 300 g/mol. The summed E-state index contributed by atoms with van der Waals surface area (Å²) < 4.78 is 1.73. The van der Waals surface area contributed by atoms with Crippen LogP contribution in [0.25, 0.3) is 0 Å². The van der Waals surface area contributed by atoms with E-state index in [1.807, 2.05) is 0 Å². The molecule has 0 radical (unpaired) electrons. The van der Waals surface area contributed by atoms with Crippen molar-refractivity contribution in [2.24, 2.45) is 0 Å². The summed E-state index contributed by atoms with van der Waals surface area (Å²) in [5, 5.41) is 18.4.